The first-order chi connectivity index (χ1) is 2.00. The van der Waals surface area contributed by atoms with Crippen molar-refractivity contribution >= 4 is 21.6 Å². The molecule has 0 saturated heterocycles. The summed E-state index contributed by atoms with van der Waals surface area (Å²) in [5, 5.41) is 0. The predicted molar refractivity (Wildman–Crippen MR) is 18.0 cm³/mol. The van der Waals surface area contributed by atoms with Crippen LogP contribution in [0.5, 0.6) is 0 Å². The quantitative estimate of drug-likeness (QED) is 0.382. The molecule has 0 aliphatic rings. The van der Waals surface area contributed by atoms with E-state index in [1.807, 2.05) is 0 Å². The van der Waals surface area contributed by atoms with Crippen LogP contribution in [-0.2, 0) is 0 Å². The molecule has 32 valence electrons. The van der Waals surface area contributed by atoms with Crippen LogP contribution in [0.2, 0.25) is 0 Å². The van der Waals surface area contributed by atoms with Gasteiger partial charge in [-0.05, 0) is 0 Å². The van der Waals surface area contributed by atoms with E-state index in [1.54, 1.807) is 0 Å². The van der Waals surface area contributed by atoms with E-state index < -0.39 is 5.80 Å². The molecule has 0 rings (SSSR count). The molecule has 0 radical (unpaired) electrons. The summed E-state index contributed by atoms with van der Waals surface area (Å²) in [5.74, 6) is -4.69. The average Bonchev–Trinajstić information content (AvgIpc) is 0.722. The molecule has 0 nitrogen and oxygen atoms in total. The van der Waals surface area contributed by atoms with Crippen molar-refractivity contribution in [2.45, 2.75) is 0 Å². The summed E-state index contributed by atoms with van der Waals surface area (Å²) < 4.78 is 31.0. The van der Waals surface area contributed by atoms with Gasteiger partial charge in [0.2, 0.25) is 0 Å². The minimum absolute atomic E-state index is 0. The standard InChI is InChI=1S/BBrF3.Li/c2-1(3,4)5;/q-1;+1. The van der Waals surface area contributed by atoms with E-state index >= 15 is 0 Å². The Balaban J connectivity index is 0. The molecule has 0 amide bonds. The van der Waals surface area contributed by atoms with Crippen molar-refractivity contribution < 1.29 is 31.8 Å². The van der Waals surface area contributed by atoms with E-state index in [2.05, 4.69) is 0 Å². The molecule has 0 aromatic carbocycles. The topological polar surface area (TPSA) is 0 Å². The molecule has 0 bridgehead atoms. The zero-order valence-electron chi connectivity index (χ0n) is 3.09. The van der Waals surface area contributed by atoms with Crippen molar-refractivity contribution in [3.8, 4) is 0 Å². The molecule has 0 aliphatic carbocycles. The SMILES string of the molecule is F[B-](F)(F)Br.[Li+]. The molecule has 0 unspecified atom stereocenters. The monoisotopic (exact) mass is 154 g/mol. The van der Waals surface area contributed by atoms with Crippen LogP contribution in [0.25, 0.3) is 0 Å². The summed E-state index contributed by atoms with van der Waals surface area (Å²) in [6.45, 7) is 0. The molecule has 0 saturated carbocycles. The number of halogens is 4. The molecule has 6 heteroatoms. The van der Waals surface area contributed by atoms with Gasteiger partial charge in [-0.15, -0.1) is 0 Å². The molecule has 0 N–H and O–H groups in total. The van der Waals surface area contributed by atoms with E-state index in [4.69, 9.17) is 0 Å². The summed E-state index contributed by atoms with van der Waals surface area (Å²) in [6, 6.07) is 0. The van der Waals surface area contributed by atoms with Gasteiger partial charge in [-0.25, -0.2) is 15.8 Å². The Morgan fingerprint density at radius 1 is 1.17 bits per heavy atom. The van der Waals surface area contributed by atoms with Gasteiger partial charge in [0.25, 0.3) is 0 Å². The summed E-state index contributed by atoms with van der Waals surface area (Å²) in [4.78, 5) is 0. The molecule has 0 heterocycles. The van der Waals surface area contributed by atoms with Gasteiger partial charge in [-0.2, -0.15) is 0 Å². The normalized spacial score (nSPS) is 10.0. The first-order valence-corrected chi connectivity index (χ1v) is 1.79. The Bertz CT molecular complexity index is 26.3. The van der Waals surface area contributed by atoms with E-state index in [0.717, 1.165) is 0 Å². The van der Waals surface area contributed by atoms with Crippen molar-refractivity contribution in [3.63, 3.8) is 0 Å². The van der Waals surface area contributed by atoms with E-state index in [-0.39, 0.29) is 18.9 Å². The van der Waals surface area contributed by atoms with Crippen molar-refractivity contribution in [1.29, 1.82) is 0 Å². The number of rotatable bonds is 0. The largest absolute Gasteiger partial charge is 1.00 e. The second-order valence-electron chi connectivity index (χ2n) is 0.495. The van der Waals surface area contributed by atoms with E-state index in [1.165, 1.54) is 15.8 Å². The fourth-order valence-electron chi connectivity index (χ4n) is 0. The fourth-order valence-corrected chi connectivity index (χ4v) is 0. The first-order valence-electron chi connectivity index (χ1n) is 0.873. The van der Waals surface area contributed by atoms with Crippen molar-refractivity contribution in [2.75, 3.05) is 0 Å². The van der Waals surface area contributed by atoms with Crippen LogP contribution in [0.3, 0.4) is 0 Å². The zero-order valence-corrected chi connectivity index (χ0v) is 4.68. The molecule has 0 fully saturated rings. The zero-order chi connectivity index (χ0) is 4.50. The number of hydrogen-bond donors (Lipinski definition) is 0. The Morgan fingerprint density at radius 3 is 1.17 bits per heavy atom. The maximum absolute atomic E-state index is 10.3. The third kappa shape index (κ3) is 87.7. The fraction of sp³-hybridized carbons (Fsp3) is 0. The predicted octanol–water partition coefficient (Wildman–Crippen LogP) is -1.27. The minimum Gasteiger partial charge on any atom is -0.439 e. The third-order valence-corrected chi connectivity index (χ3v) is 0. The Morgan fingerprint density at radius 2 is 1.17 bits per heavy atom. The Labute approximate surface area is 53.7 Å². The summed E-state index contributed by atoms with van der Waals surface area (Å²) >= 11 is 1.44. The maximum atomic E-state index is 10.3. The van der Waals surface area contributed by atoms with Crippen LogP contribution in [0.1, 0.15) is 0 Å². The maximum Gasteiger partial charge on any atom is 1.00 e. The first kappa shape index (κ1) is 10.0. The molecule has 6 heavy (non-hydrogen) atoms. The Kier molecular flexibility index (Phi) is 5.02. The van der Waals surface area contributed by atoms with Crippen LogP contribution in [0.4, 0.5) is 12.9 Å². The third-order valence-electron chi connectivity index (χ3n) is 0. The minimum atomic E-state index is -4.69. The molecular weight excluding hydrogens is 155 g/mol. The Hall–Kier alpha value is 0.932. The molecule has 0 aliphatic heterocycles. The van der Waals surface area contributed by atoms with Crippen molar-refractivity contribution in [3.05, 3.63) is 0 Å². The molecule has 0 aromatic rings. The van der Waals surface area contributed by atoms with Crippen LogP contribution >= 0.6 is 15.8 Å². The molecule has 0 atom stereocenters. The number of hydrogen-bond acceptors (Lipinski definition) is 0. The van der Waals surface area contributed by atoms with Gasteiger partial charge in [0, 0.05) is 0 Å². The van der Waals surface area contributed by atoms with Gasteiger partial charge in [0.05, 0.1) is 0 Å². The van der Waals surface area contributed by atoms with Crippen molar-refractivity contribution in [2.24, 2.45) is 0 Å². The molecule has 0 aromatic heterocycles. The summed E-state index contributed by atoms with van der Waals surface area (Å²) in [7, 11) is 0. The van der Waals surface area contributed by atoms with Gasteiger partial charge in [0.15, 0.2) is 0 Å². The van der Waals surface area contributed by atoms with Gasteiger partial charge >= 0.3 is 24.7 Å². The summed E-state index contributed by atoms with van der Waals surface area (Å²) in [6.07, 6.45) is 0. The van der Waals surface area contributed by atoms with Crippen molar-refractivity contribution in [1.82, 2.24) is 0 Å². The van der Waals surface area contributed by atoms with Gasteiger partial charge in [-0.3, -0.25) is 0 Å². The van der Waals surface area contributed by atoms with Crippen LogP contribution in [0.15, 0.2) is 0 Å². The van der Waals surface area contributed by atoms with Crippen LogP contribution in [0, 0.1) is 0 Å². The van der Waals surface area contributed by atoms with E-state index in [9.17, 15) is 12.9 Å². The second-order valence-corrected chi connectivity index (χ2v) is 1.53. The van der Waals surface area contributed by atoms with Gasteiger partial charge < -0.3 is 12.9 Å². The molecule has 0 spiro atoms. The van der Waals surface area contributed by atoms with Gasteiger partial charge in [-0.1, -0.05) is 0 Å². The second kappa shape index (κ2) is 3.00. The van der Waals surface area contributed by atoms with Gasteiger partial charge in [0.1, 0.15) is 0 Å². The average molecular weight is 155 g/mol. The van der Waals surface area contributed by atoms with E-state index in [0.29, 0.717) is 0 Å². The smallest absolute Gasteiger partial charge is 0.439 e. The molecular formula is BBrF3Li. The summed E-state index contributed by atoms with van der Waals surface area (Å²) in [5.41, 5.74) is 0. The van der Waals surface area contributed by atoms with Crippen LogP contribution in [-0.4, -0.2) is 5.80 Å². The van der Waals surface area contributed by atoms with Crippen LogP contribution < -0.4 is 18.9 Å².